The van der Waals surface area contributed by atoms with E-state index in [2.05, 4.69) is 4.84 Å². The van der Waals surface area contributed by atoms with E-state index in [1.165, 1.54) is 11.3 Å². The lowest BCUT2D eigenvalue weighted by Gasteiger charge is -2.32. The second-order valence-corrected chi connectivity index (χ2v) is 13.3. The highest BCUT2D eigenvalue weighted by Gasteiger charge is 2.48. The lowest BCUT2D eigenvalue weighted by atomic mass is 9.74. The summed E-state index contributed by atoms with van der Waals surface area (Å²) in [7, 11) is -4.84. The molecule has 38 heavy (non-hydrogen) atoms. The third-order valence-electron chi connectivity index (χ3n) is 7.92. The van der Waals surface area contributed by atoms with Crippen LogP contribution in [0.4, 0.5) is 0 Å². The van der Waals surface area contributed by atoms with Crippen LogP contribution in [0.3, 0.4) is 0 Å². The van der Waals surface area contributed by atoms with E-state index in [1.807, 2.05) is 0 Å². The molecular formula is C24H32N2O10S2. The van der Waals surface area contributed by atoms with Gasteiger partial charge in [0.1, 0.15) is 5.78 Å². The number of amides is 4. The fraction of sp³-hybridized carbons (Fsp3) is 0.750. The van der Waals surface area contributed by atoms with Crippen molar-refractivity contribution >= 4 is 57.3 Å². The zero-order valence-electron chi connectivity index (χ0n) is 20.9. The van der Waals surface area contributed by atoms with E-state index in [-0.39, 0.29) is 41.7 Å². The third kappa shape index (κ3) is 6.45. The number of imide groups is 2. The number of likely N-dealkylation sites (tertiary alicyclic amines) is 1. The molecule has 1 N–H and O–H groups in total. The molecule has 2 saturated carbocycles. The molecule has 0 radical (unpaired) electrons. The van der Waals surface area contributed by atoms with Crippen LogP contribution in [0.25, 0.3) is 0 Å². The largest absolute Gasteiger partial charge is 0.343 e. The molecular weight excluding hydrogens is 540 g/mol. The maximum Gasteiger partial charge on any atom is 0.343 e. The number of ketones is 1. The predicted octanol–water partition coefficient (Wildman–Crippen LogP) is 1.28. The first-order valence-electron chi connectivity index (χ1n) is 13.0. The highest BCUT2D eigenvalue weighted by molar-refractivity contribution is 8.01. The first kappa shape index (κ1) is 28.7. The molecule has 4 amide bonds. The van der Waals surface area contributed by atoms with E-state index < -0.39 is 56.5 Å². The topological polar surface area (TPSA) is 172 Å². The Bertz CT molecular complexity index is 1110. The summed E-state index contributed by atoms with van der Waals surface area (Å²) < 4.78 is 31.4. The smallest absolute Gasteiger partial charge is 0.329 e. The molecule has 2 atom stereocenters. The van der Waals surface area contributed by atoms with Gasteiger partial charge in [0.15, 0.2) is 5.25 Å². The lowest BCUT2D eigenvalue weighted by Crippen LogP contribution is -2.38. The Morgan fingerprint density at radius 1 is 0.868 bits per heavy atom. The standard InChI is InChI=1S/C24H32N2O10S2/c27-19-10-17(37-13-21(29)36-26-20(28)11-18(24(26)32)38(33,34)35)23(31)25(19)12-14-6-8-16(9-7-14)22(30)15-4-2-1-3-5-15/h14-18H,1-13H2,(H,33,34,35). The highest BCUT2D eigenvalue weighted by Crippen LogP contribution is 2.36. The summed E-state index contributed by atoms with van der Waals surface area (Å²) >= 11 is 0.834. The summed E-state index contributed by atoms with van der Waals surface area (Å²) in [5.41, 5.74) is 0. The molecule has 4 aliphatic rings. The minimum Gasteiger partial charge on any atom is -0.329 e. The summed E-state index contributed by atoms with van der Waals surface area (Å²) in [5.74, 6) is -4.02. The zero-order valence-corrected chi connectivity index (χ0v) is 22.5. The number of hydrogen-bond acceptors (Lipinski definition) is 10. The molecule has 210 valence electrons. The summed E-state index contributed by atoms with van der Waals surface area (Å²) in [6.45, 7) is 0.275. The van der Waals surface area contributed by atoms with Crippen LogP contribution in [0.5, 0.6) is 0 Å². The van der Waals surface area contributed by atoms with Crippen molar-refractivity contribution in [3.05, 3.63) is 0 Å². The number of nitrogens with zero attached hydrogens (tertiary/aromatic N) is 2. The first-order chi connectivity index (χ1) is 18.0. The number of thioether (sulfide) groups is 1. The predicted molar refractivity (Wildman–Crippen MR) is 133 cm³/mol. The Hall–Kier alpha value is -2.32. The number of rotatable bonds is 9. The Morgan fingerprint density at radius 2 is 1.50 bits per heavy atom. The second-order valence-electron chi connectivity index (χ2n) is 10.5. The summed E-state index contributed by atoms with van der Waals surface area (Å²) in [5, 5.41) is -2.85. The van der Waals surface area contributed by atoms with Crippen LogP contribution in [-0.2, 0) is 43.7 Å². The fourth-order valence-corrected chi connectivity index (χ4v) is 7.41. The number of carbonyl (C=O) groups is 6. The Balaban J connectivity index is 1.21. The molecule has 2 heterocycles. The molecule has 0 bridgehead atoms. The first-order valence-corrected chi connectivity index (χ1v) is 15.5. The van der Waals surface area contributed by atoms with Crippen molar-refractivity contribution in [2.75, 3.05) is 12.3 Å². The van der Waals surface area contributed by atoms with Gasteiger partial charge >= 0.3 is 5.97 Å². The zero-order chi connectivity index (χ0) is 27.6. The molecule has 4 fully saturated rings. The summed E-state index contributed by atoms with van der Waals surface area (Å²) in [6, 6.07) is 0. The van der Waals surface area contributed by atoms with Crippen molar-refractivity contribution in [2.45, 2.75) is 81.1 Å². The van der Waals surface area contributed by atoms with E-state index in [0.717, 1.165) is 63.1 Å². The maximum atomic E-state index is 12.8. The van der Waals surface area contributed by atoms with Crippen molar-refractivity contribution in [2.24, 2.45) is 17.8 Å². The van der Waals surface area contributed by atoms with Gasteiger partial charge in [0.2, 0.25) is 11.8 Å². The van der Waals surface area contributed by atoms with Crippen molar-refractivity contribution in [1.82, 2.24) is 9.96 Å². The van der Waals surface area contributed by atoms with Crippen molar-refractivity contribution < 1.29 is 46.6 Å². The average molecular weight is 573 g/mol. The second kappa shape index (κ2) is 11.8. The molecule has 14 heteroatoms. The minimum absolute atomic E-state index is 0.00457. The monoisotopic (exact) mass is 572 g/mol. The van der Waals surface area contributed by atoms with E-state index in [9.17, 15) is 37.2 Å². The Kier molecular flexibility index (Phi) is 8.92. The molecule has 0 spiro atoms. The van der Waals surface area contributed by atoms with Gasteiger partial charge in [0.25, 0.3) is 21.9 Å². The molecule has 0 aromatic carbocycles. The van der Waals surface area contributed by atoms with Crippen LogP contribution >= 0.6 is 11.8 Å². The molecule has 2 unspecified atom stereocenters. The van der Waals surface area contributed by atoms with Crippen LogP contribution in [-0.4, -0.2) is 81.1 Å². The van der Waals surface area contributed by atoms with E-state index in [4.69, 9.17) is 4.55 Å². The van der Waals surface area contributed by atoms with Crippen molar-refractivity contribution in [3.8, 4) is 0 Å². The molecule has 2 saturated heterocycles. The van der Waals surface area contributed by atoms with Gasteiger partial charge in [-0.1, -0.05) is 19.3 Å². The molecule has 2 aliphatic carbocycles. The van der Waals surface area contributed by atoms with Crippen molar-refractivity contribution in [1.29, 1.82) is 0 Å². The fourth-order valence-electron chi connectivity index (χ4n) is 5.79. The van der Waals surface area contributed by atoms with Crippen LogP contribution in [0, 0.1) is 17.8 Å². The summed E-state index contributed by atoms with van der Waals surface area (Å²) in [4.78, 5) is 80.1. The van der Waals surface area contributed by atoms with E-state index in [1.54, 1.807) is 0 Å². The molecule has 0 aromatic rings. The van der Waals surface area contributed by atoms with Gasteiger partial charge in [-0.3, -0.25) is 33.4 Å². The average Bonchev–Trinajstić information content (AvgIpc) is 3.32. The normalized spacial score (nSPS) is 29.3. The number of hydroxylamine groups is 2. The van der Waals surface area contributed by atoms with Crippen LogP contribution in [0.1, 0.15) is 70.6 Å². The van der Waals surface area contributed by atoms with E-state index in [0.29, 0.717) is 5.78 Å². The SMILES string of the molecule is O=C(CSC1CC(=O)N(CC2CCC(C(=O)C3CCCCC3)CC2)C1=O)ON1C(=O)CC(S(=O)(=O)O)C1=O. The molecule has 2 aliphatic heterocycles. The van der Waals surface area contributed by atoms with Gasteiger partial charge in [-0.05, 0) is 44.4 Å². The molecule has 4 rings (SSSR count). The number of Topliss-reactive ketones (excluding diaryl/α,β-unsaturated/α-hetero) is 1. The number of carbonyl (C=O) groups excluding carboxylic acids is 6. The Morgan fingerprint density at radius 3 is 2.11 bits per heavy atom. The van der Waals surface area contributed by atoms with Gasteiger partial charge in [-0.25, -0.2) is 4.79 Å². The van der Waals surface area contributed by atoms with Gasteiger partial charge in [0.05, 0.1) is 17.4 Å². The molecule has 12 nitrogen and oxygen atoms in total. The minimum atomic E-state index is -4.84. The van der Waals surface area contributed by atoms with Crippen molar-refractivity contribution in [3.63, 3.8) is 0 Å². The van der Waals surface area contributed by atoms with Gasteiger partial charge in [-0.2, -0.15) is 8.42 Å². The van der Waals surface area contributed by atoms with E-state index >= 15 is 0 Å². The van der Waals surface area contributed by atoms with Gasteiger partial charge in [0, 0.05) is 24.8 Å². The Labute approximate surface area is 224 Å². The van der Waals surface area contributed by atoms with Crippen LogP contribution in [0.2, 0.25) is 0 Å². The third-order valence-corrected chi connectivity index (χ3v) is 10.2. The van der Waals surface area contributed by atoms with Crippen LogP contribution < -0.4 is 0 Å². The highest BCUT2D eigenvalue weighted by atomic mass is 32.2. The van der Waals surface area contributed by atoms with Crippen LogP contribution in [0.15, 0.2) is 0 Å². The molecule has 0 aromatic heterocycles. The lowest BCUT2D eigenvalue weighted by molar-refractivity contribution is -0.195. The van der Waals surface area contributed by atoms with Gasteiger partial charge in [-0.15, -0.1) is 16.8 Å². The number of hydrogen-bond donors (Lipinski definition) is 1. The quantitative estimate of drug-likeness (QED) is 0.311. The maximum absolute atomic E-state index is 12.8. The van der Waals surface area contributed by atoms with Gasteiger partial charge < -0.3 is 4.84 Å². The summed E-state index contributed by atoms with van der Waals surface area (Å²) in [6.07, 6.45) is 7.53.